The second-order valence-electron chi connectivity index (χ2n) is 5.99. The standard InChI is InChI=1S/C14H22BrN3O2S/c1-9-4-10(2)6-12(5-9)18-21(19,20)13-7-11(15)8-17-14(13)16-3/h7-10,12,18H,4-6H2,1-3H3,(H,16,17). The molecule has 0 aliphatic heterocycles. The number of halogens is 1. The fourth-order valence-corrected chi connectivity index (χ4v) is 5.07. The number of pyridine rings is 1. The third-order valence-corrected chi connectivity index (χ3v) is 5.81. The highest BCUT2D eigenvalue weighted by atomic mass is 79.9. The Morgan fingerprint density at radius 1 is 1.24 bits per heavy atom. The van der Waals surface area contributed by atoms with Gasteiger partial charge in [-0.2, -0.15) is 0 Å². The van der Waals surface area contributed by atoms with E-state index < -0.39 is 10.0 Å². The van der Waals surface area contributed by atoms with Gasteiger partial charge in [0.1, 0.15) is 10.7 Å². The molecule has 0 aromatic carbocycles. The monoisotopic (exact) mass is 375 g/mol. The number of nitrogens with zero attached hydrogens (tertiary/aromatic N) is 1. The lowest BCUT2D eigenvalue weighted by molar-refractivity contribution is 0.257. The van der Waals surface area contributed by atoms with Crippen LogP contribution >= 0.6 is 15.9 Å². The van der Waals surface area contributed by atoms with Crippen molar-refractivity contribution in [2.24, 2.45) is 11.8 Å². The van der Waals surface area contributed by atoms with E-state index in [2.05, 4.69) is 44.8 Å². The van der Waals surface area contributed by atoms with Gasteiger partial charge in [0.05, 0.1) is 0 Å². The highest BCUT2D eigenvalue weighted by Gasteiger charge is 2.29. The molecule has 2 N–H and O–H groups in total. The number of anilines is 1. The summed E-state index contributed by atoms with van der Waals surface area (Å²) in [7, 11) is -1.91. The number of sulfonamides is 1. The highest BCUT2D eigenvalue weighted by Crippen LogP contribution is 2.30. The molecule has 1 aliphatic rings. The first-order valence-corrected chi connectivity index (χ1v) is 9.45. The number of rotatable bonds is 4. The predicted octanol–water partition coefficient (Wildman–Crippen LogP) is 2.99. The minimum absolute atomic E-state index is 0.00237. The molecule has 0 radical (unpaired) electrons. The Morgan fingerprint density at radius 2 is 1.86 bits per heavy atom. The van der Waals surface area contributed by atoms with Crippen LogP contribution in [0.5, 0.6) is 0 Å². The smallest absolute Gasteiger partial charge is 0.244 e. The summed E-state index contributed by atoms with van der Waals surface area (Å²) in [5.41, 5.74) is 0. The molecule has 1 fully saturated rings. The number of hydrogen-bond donors (Lipinski definition) is 2. The molecule has 2 atom stereocenters. The molecular weight excluding hydrogens is 354 g/mol. The molecule has 0 bridgehead atoms. The molecule has 1 aromatic heterocycles. The number of aromatic nitrogens is 1. The Labute approximate surface area is 135 Å². The summed E-state index contributed by atoms with van der Waals surface area (Å²) >= 11 is 3.28. The van der Waals surface area contributed by atoms with Crippen LogP contribution in [0.25, 0.3) is 0 Å². The second-order valence-corrected chi connectivity index (χ2v) is 8.58. The lowest BCUT2D eigenvalue weighted by atomic mass is 9.81. The average molecular weight is 376 g/mol. The van der Waals surface area contributed by atoms with Crippen molar-refractivity contribution in [2.45, 2.75) is 44.0 Å². The van der Waals surface area contributed by atoms with E-state index in [9.17, 15) is 8.42 Å². The Morgan fingerprint density at radius 3 is 2.43 bits per heavy atom. The van der Waals surface area contributed by atoms with Crippen LogP contribution in [0.4, 0.5) is 5.82 Å². The fourth-order valence-electron chi connectivity index (χ4n) is 3.14. The zero-order chi connectivity index (χ0) is 15.6. The van der Waals surface area contributed by atoms with Gasteiger partial charge in [0, 0.05) is 23.8 Å². The van der Waals surface area contributed by atoms with E-state index in [1.807, 2.05) is 0 Å². The molecule has 1 aromatic rings. The Balaban J connectivity index is 2.24. The zero-order valence-electron chi connectivity index (χ0n) is 12.6. The topological polar surface area (TPSA) is 71.1 Å². The van der Waals surface area contributed by atoms with Crippen molar-refractivity contribution in [2.75, 3.05) is 12.4 Å². The molecular formula is C14H22BrN3O2S. The molecule has 7 heteroatoms. The van der Waals surface area contributed by atoms with Gasteiger partial charge in [-0.1, -0.05) is 13.8 Å². The maximum absolute atomic E-state index is 12.6. The van der Waals surface area contributed by atoms with Crippen molar-refractivity contribution in [1.82, 2.24) is 9.71 Å². The third kappa shape index (κ3) is 4.17. The number of hydrogen-bond acceptors (Lipinski definition) is 4. The highest BCUT2D eigenvalue weighted by molar-refractivity contribution is 9.10. The van der Waals surface area contributed by atoms with Gasteiger partial charge < -0.3 is 5.32 Å². The van der Waals surface area contributed by atoms with E-state index in [0.29, 0.717) is 22.1 Å². The van der Waals surface area contributed by atoms with Crippen LogP contribution < -0.4 is 10.0 Å². The number of nitrogens with one attached hydrogen (secondary N) is 2. The summed E-state index contributed by atoms with van der Waals surface area (Å²) in [4.78, 5) is 4.29. The summed E-state index contributed by atoms with van der Waals surface area (Å²) in [6.45, 7) is 4.35. The van der Waals surface area contributed by atoms with Crippen LogP contribution in [0.2, 0.25) is 0 Å². The lowest BCUT2D eigenvalue weighted by Crippen LogP contribution is -2.40. The van der Waals surface area contributed by atoms with Gasteiger partial charge >= 0.3 is 0 Å². The average Bonchev–Trinajstić information content (AvgIpc) is 2.36. The summed E-state index contributed by atoms with van der Waals surface area (Å²) in [5.74, 6) is 1.46. The van der Waals surface area contributed by atoms with Crippen LogP contribution in [0.1, 0.15) is 33.1 Å². The molecule has 2 unspecified atom stereocenters. The van der Waals surface area contributed by atoms with Crippen molar-refractivity contribution in [3.05, 3.63) is 16.7 Å². The van der Waals surface area contributed by atoms with E-state index >= 15 is 0 Å². The normalized spacial score (nSPS) is 26.6. The molecule has 0 saturated heterocycles. The van der Waals surface area contributed by atoms with Crippen molar-refractivity contribution >= 4 is 31.8 Å². The largest absolute Gasteiger partial charge is 0.372 e. The molecule has 0 amide bonds. The Bertz CT molecular complexity index is 596. The van der Waals surface area contributed by atoms with Crippen molar-refractivity contribution in [3.63, 3.8) is 0 Å². The van der Waals surface area contributed by atoms with Gasteiger partial charge in [-0.25, -0.2) is 18.1 Å². The Kier molecular flexibility index (Phi) is 5.27. The zero-order valence-corrected chi connectivity index (χ0v) is 15.0. The van der Waals surface area contributed by atoms with Gasteiger partial charge in [0.15, 0.2) is 0 Å². The van der Waals surface area contributed by atoms with Gasteiger partial charge in [-0.05, 0) is 53.1 Å². The predicted molar refractivity (Wildman–Crippen MR) is 87.8 cm³/mol. The van der Waals surface area contributed by atoms with Crippen LogP contribution in [0.15, 0.2) is 21.6 Å². The molecule has 1 aliphatic carbocycles. The maximum atomic E-state index is 12.6. The van der Waals surface area contributed by atoms with E-state index in [4.69, 9.17) is 0 Å². The van der Waals surface area contributed by atoms with E-state index in [0.717, 1.165) is 12.8 Å². The summed E-state index contributed by atoms with van der Waals surface area (Å²) in [6, 6.07) is 1.58. The molecule has 21 heavy (non-hydrogen) atoms. The van der Waals surface area contributed by atoms with Crippen molar-refractivity contribution in [3.8, 4) is 0 Å². The molecule has 2 rings (SSSR count). The van der Waals surface area contributed by atoms with Crippen molar-refractivity contribution < 1.29 is 8.42 Å². The summed E-state index contributed by atoms with van der Waals surface area (Å²) in [6.07, 6.45) is 4.52. The van der Waals surface area contributed by atoms with E-state index in [1.54, 1.807) is 19.3 Å². The second kappa shape index (κ2) is 6.62. The van der Waals surface area contributed by atoms with Crippen LogP contribution in [-0.2, 0) is 10.0 Å². The van der Waals surface area contributed by atoms with Gasteiger partial charge in [-0.15, -0.1) is 0 Å². The molecule has 118 valence electrons. The molecule has 1 heterocycles. The molecule has 0 spiro atoms. The third-order valence-electron chi connectivity index (χ3n) is 3.85. The minimum Gasteiger partial charge on any atom is -0.372 e. The molecule has 1 saturated carbocycles. The first-order valence-electron chi connectivity index (χ1n) is 7.17. The van der Waals surface area contributed by atoms with Gasteiger partial charge in [0.25, 0.3) is 0 Å². The van der Waals surface area contributed by atoms with Crippen LogP contribution in [0, 0.1) is 11.8 Å². The van der Waals surface area contributed by atoms with Crippen molar-refractivity contribution in [1.29, 1.82) is 0 Å². The van der Waals surface area contributed by atoms with Gasteiger partial charge in [0.2, 0.25) is 10.0 Å². The SMILES string of the molecule is CNc1ncc(Br)cc1S(=O)(=O)NC1CC(C)CC(C)C1. The maximum Gasteiger partial charge on any atom is 0.244 e. The quantitative estimate of drug-likeness (QED) is 0.848. The minimum atomic E-state index is -3.58. The summed E-state index contributed by atoms with van der Waals surface area (Å²) in [5, 5.41) is 2.83. The lowest BCUT2D eigenvalue weighted by Gasteiger charge is -2.31. The van der Waals surface area contributed by atoms with Crippen LogP contribution in [0.3, 0.4) is 0 Å². The first-order chi connectivity index (χ1) is 9.81. The molecule has 5 nitrogen and oxygen atoms in total. The van der Waals surface area contributed by atoms with Crippen LogP contribution in [-0.4, -0.2) is 26.5 Å². The van der Waals surface area contributed by atoms with E-state index in [1.165, 1.54) is 6.42 Å². The van der Waals surface area contributed by atoms with Gasteiger partial charge in [-0.3, -0.25) is 0 Å². The summed E-state index contributed by atoms with van der Waals surface area (Å²) < 4.78 is 28.8. The Hall–Kier alpha value is -0.660. The first kappa shape index (κ1) is 16.7. The van der Waals surface area contributed by atoms with E-state index in [-0.39, 0.29) is 10.9 Å². The fraction of sp³-hybridized carbons (Fsp3) is 0.643.